The van der Waals surface area contributed by atoms with Gasteiger partial charge in [-0.15, -0.1) is 0 Å². The summed E-state index contributed by atoms with van der Waals surface area (Å²) in [6.45, 7) is 2.09. The van der Waals surface area contributed by atoms with Crippen molar-refractivity contribution in [3.8, 4) is 5.75 Å². The summed E-state index contributed by atoms with van der Waals surface area (Å²) in [5.74, 6) is -6.48. The first-order chi connectivity index (χ1) is 13.0. The molecule has 0 bridgehead atoms. The number of carbonyl (C=O) groups excluding carboxylic acids is 1. The number of carbonyl (C=O) groups is 1. The number of rotatable bonds is 4. The average molecular weight is 408 g/mol. The van der Waals surface area contributed by atoms with Crippen molar-refractivity contribution in [2.75, 3.05) is 7.11 Å². The number of esters is 1. The lowest BCUT2D eigenvalue weighted by atomic mass is 9.77. The van der Waals surface area contributed by atoms with Crippen LogP contribution in [0.3, 0.4) is 0 Å². The molecule has 0 aromatic heterocycles. The van der Waals surface area contributed by atoms with Crippen molar-refractivity contribution in [3.63, 3.8) is 0 Å². The quantitative estimate of drug-likeness (QED) is 0.543. The minimum atomic E-state index is -4.79. The van der Waals surface area contributed by atoms with Crippen LogP contribution in [0.2, 0.25) is 0 Å². The van der Waals surface area contributed by atoms with Gasteiger partial charge in [0.1, 0.15) is 0 Å². The van der Waals surface area contributed by atoms with Crippen molar-refractivity contribution >= 4 is 5.97 Å². The molecule has 1 aromatic carbocycles. The zero-order chi connectivity index (χ0) is 20.9. The predicted molar refractivity (Wildman–Crippen MR) is 87.9 cm³/mol. The summed E-state index contributed by atoms with van der Waals surface area (Å²) in [4.78, 5) is 12.2. The standard InChI is InChI=1S/C19H21F5O4/c1-9-13(16(17(25)26-3)28-18(9,2)19(22,23)24)11-7-8-12(20)14(21)15(11)27-10-5-4-6-10/h7-10,13,16H,4-6H2,1-3H3/t9-,13-,16+,18+/m0/s1. The molecule has 1 aromatic rings. The molecule has 0 unspecified atom stereocenters. The first-order valence-electron chi connectivity index (χ1n) is 8.98. The lowest BCUT2D eigenvalue weighted by Crippen LogP contribution is -2.47. The number of hydrogen-bond donors (Lipinski definition) is 0. The van der Waals surface area contributed by atoms with Gasteiger partial charge < -0.3 is 14.2 Å². The van der Waals surface area contributed by atoms with E-state index in [1.54, 1.807) is 0 Å². The van der Waals surface area contributed by atoms with Crippen LogP contribution >= 0.6 is 0 Å². The van der Waals surface area contributed by atoms with Gasteiger partial charge in [-0.3, -0.25) is 0 Å². The van der Waals surface area contributed by atoms with Gasteiger partial charge in [0, 0.05) is 17.4 Å². The van der Waals surface area contributed by atoms with Crippen molar-refractivity contribution in [3.05, 3.63) is 29.3 Å². The highest BCUT2D eigenvalue weighted by Crippen LogP contribution is 2.55. The topological polar surface area (TPSA) is 44.8 Å². The van der Waals surface area contributed by atoms with Crippen LogP contribution in [0.15, 0.2) is 12.1 Å². The van der Waals surface area contributed by atoms with Crippen molar-refractivity contribution in [1.82, 2.24) is 0 Å². The van der Waals surface area contributed by atoms with Crippen molar-refractivity contribution in [2.45, 2.75) is 63.0 Å². The summed E-state index contributed by atoms with van der Waals surface area (Å²) in [7, 11) is 1.02. The Bertz CT molecular complexity index is 761. The maximum Gasteiger partial charge on any atom is 0.417 e. The molecule has 4 atom stereocenters. The molecular weight excluding hydrogens is 387 g/mol. The number of methoxy groups -OCH3 is 1. The molecule has 1 heterocycles. The van der Waals surface area contributed by atoms with Crippen molar-refractivity contribution in [2.24, 2.45) is 5.92 Å². The Kier molecular flexibility index (Phi) is 5.33. The van der Waals surface area contributed by atoms with Crippen LogP contribution in [0.5, 0.6) is 5.75 Å². The smallest absolute Gasteiger partial charge is 0.417 e. The summed E-state index contributed by atoms with van der Waals surface area (Å²) in [5.41, 5.74) is -2.71. The van der Waals surface area contributed by atoms with Gasteiger partial charge in [0.05, 0.1) is 13.2 Å². The average Bonchev–Trinajstić information content (AvgIpc) is 2.86. The Morgan fingerprint density at radius 2 is 1.89 bits per heavy atom. The second kappa shape index (κ2) is 7.17. The molecule has 1 saturated carbocycles. The van der Waals surface area contributed by atoms with Crippen LogP contribution in [0, 0.1) is 17.6 Å². The Morgan fingerprint density at radius 1 is 1.25 bits per heavy atom. The number of ether oxygens (including phenoxy) is 3. The maximum absolute atomic E-state index is 14.5. The second-order valence-corrected chi connectivity index (χ2v) is 7.43. The Balaban J connectivity index is 2.11. The molecule has 0 amide bonds. The van der Waals surface area contributed by atoms with E-state index in [4.69, 9.17) is 9.47 Å². The fraction of sp³-hybridized carbons (Fsp3) is 0.632. The normalized spacial score (nSPS) is 30.8. The van der Waals surface area contributed by atoms with E-state index in [0.29, 0.717) is 12.8 Å². The molecule has 28 heavy (non-hydrogen) atoms. The van der Waals surface area contributed by atoms with E-state index in [0.717, 1.165) is 32.6 Å². The van der Waals surface area contributed by atoms with Gasteiger partial charge >= 0.3 is 12.1 Å². The molecule has 0 N–H and O–H groups in total. The summed E-state index contributed by atoms with van der Waals surface area (Å²) >= 11 is 0. The van der Waals surface area contributed by atoms with E-state index in [1.807, 2.05) is 0 Å². The lowest BCUT2D eigenvalue weighted by Gasteiger charge is -2.32. The molecule has 156 valence electrons. The Morgan fingerprint density at radius 3 is 2.39 bits per heavy atom. The maximum atomic E-state index is 14.5. The molecule has 2 fully saturated rings. The highest BCUT2D eigenvalue weighted by molar-refractivity contribution is 5.77. The highest BCUT2D eigenvalue weighted by Gasteiger charge is 2.66. The molecule has 3 rings (SSSR count). The minimum Gasteiger partial charge on any atom is -0.487 e. The summed E-state index contributed by atoms with van der Waals surface area (Å²) in [6, 6.07) is 1.96. The molecule has 9 heteroatoms. The van der Waals surface area contributed by atoms with E-state index in [9.17, 15) is 26.7 Å². The predicted octanol–water partition coefficient (Wildman–Crippen LogP) is 4.51. The van der Waals surface area contributed by atoms with E-state index < -0.39 is 53.1 Å². The molecular formula is C19H21F5O4. The van der Waals surface area contributed by atoms with Crippen molar-refractivity contribution in [1.29, 1.82) is 0 Å². The summed E-state index contributed by atoms with van der Waals surface area (Å²) < 4.78 is 84.8. The molecule has 2 aliphatic rings. The van der Waals surface area contributed by atoms with Gasteiger partial charge in [-0.1, -0.05) is 13.0 Å². The van der Waals surface area contributed by atoms with Gasteiger partial charge in [-0.25, -0.2) is 9.18 Å². The minimum absolute atomic E-state index is 0.0401. The van der Waals surface area contributed by atoms with E-state index in [1.165, 1.54) is 6.92 Å². The molecule has 0 radical (unpaired) electrons. The third-order valence-corrected chi connectivity index (χ3v) is 5.88. The number of halogens is 5. The molecule has 1 aliphatic heterocycles. The number of hydrogen-bond acceptors (Lipinski definition) is 4. The number of benzene rings is 1. The van der Waals surface area contributed by atoms with Crippen molar-refractivity contribution < 1.29 is 41.0 Å². The molecule has 4 nitrogen and oxygen atoms in total. The monoisotopic (exact) mass is 408 g/mol. The van der Waals surface area contributed by atoms with Crippen LogP contribution in [0.1, 0.15) is 44.6 Å². The van der Waals surface area contributed by atoms with Crippen LogP contribution in [-0.2, 0) is 14.3 Å². The molecule has 1 saturated heterocycles. The Labute approximate surface area is 158 Å². The van der Waals surface area contributed by atoms with Gasteiger partial charge in [0.2, 0.25) is 5.82 Å². The van der Waals surface area contributed by atoms with E-state index in [2.05, 4.69) is 4.74 Å². The fourth-order valence-electron chi connectivity index (χ4n) is 3.70. The van der Waals surface area contributed by atoms with Gasteiger partial charge in [0.25, 0.3) is 0 Å². The van der Waals surface area contributed by atoms with Crippen LogP contribution in [0.4, 0.5) is 22.0 Å². The number of alkyl halides is 3. The van der Waals surface area contributed by atoms with E-state index in [-0.39, 0.29) is 11.7 Å². The van der Waals surface area contributed by atoms with Crippen LogP contribution in [-0.4, -0.2) is 37.1 Å². The summed E-state index contributed by atoms with van der Waals surface area (Å²) in [6.07, 6.45) is -4.66. The zero-order valence-corrected chi connectivity index (χ0v) is 15.6. The zero-order valence-electron chi connectivity index (χ0n) is 15.6. The molecule has 0 spiro atoms. The third kappa shape index (κ3) is 3.23. The van der Waals surface area contributed by atoms with Gasteiger partial charge in [-0.05, 0) is 32.3 Å². The van der Waals surface area contributed by atoms with E-state index >= 15 is 0 Å². The SMILES string of the molecule is COC(=O)[C@@H]1O[C@@](C)(C(F)(F)F)[C@@H](C)[C@H]1c1ccc(F)c(F)c1OC1CCC1. The lowest BCUT2D eigenvalue weighted by molar-refractivity contribution is -0.274. The van der Waals surface area contributed by atoms with Crippen LogP contribution in [0.25, 0.3) is 0 Å². The second-order valence-electron chi connectivity index (χ2n) is 7.43. The van der Waals surface area contributed by atoms with Gasteiger partial charge in [-0.2, -0.15) is 17.6 Å². The fourth-order valence-corrected chi connectivity index (χ4v) is 3.70. The van der Waals surface area contributed by atoms with Crippen LogP contribution < -0.4 is 4.74 Å². The Hall–Kier alpha value is -1.90. The van der Waals surface area contributed by atoms with Gasteiger partial charge in [0.15, 0.2) is 23.3 Å². The largest absolute Gasteiger partial charge is 0.487 e. The summed E-state index contributed by atoms with van der Waals surface area (Å²) in [5, 5.41) is 0. The first-order valence-corrected chi connectivity index (χ1v) is 8.98. The first kappa shape index (κ1) is 20.8. The highest BCUT2D eigenvalue weighted by atomic mass is 19.4. The molecule has 1 aliphatic carbocycles. The third-order valence-electron chi connectivity index (χ3n) is 5.88.